The van der Waals surface area contributed by atoms with Gasteiger partial charge in [-0.3, -0.25) is 9.59 Å². The first-order chi connectivity index (χ1) is 16.5. The maximum absolute atomic E-state index is 12.5. The number of alkyl carbamates (subject to hydrolysis) is 1. The van der Waals surface area contributed by atoms with Crippen molar-refractivity contribution in [2.75, 3.05) is 24.7 Å². The zero-order valence-corrected chi connectivity index (χ0v) is 19.8. The molecule has 2 atom stereocenters. The Bertz CT molecular complexity index is 998. The summed E-state index contributed by atoms with van der Waals surface area (Å²) in [6.07, 6.45) is 2.48. The standard InChI is InChI=1S/C26H30N2O5S/c29-24(27-11-12-34-16-25(30)31)14-17-9-10-18(13-17)28-26(32)33-15-23-21-7-3-1-5-19(21)20-6-2-4-8-22(20)23/h1-8,17-18,23H,9-16H2,(H,27,29)(H,28,32)(H,30,31). The lowest BCUT2D eigenvalue weighted by molar-refractivity contribution is -0.133. The first-order valence-electron chi connectivity index (χ1n) is 11.7. The molecule has 2 amide bonds. The second-order valence-electron chi connectivity index (χ2n) is 8.85. The number of carbonyl (C=O) groups is 3. The van der Waals surface area contributed by atoms with Crippen molar-refractivity contribution in [3.63, 3.8) is 0 Å². The van der Waals surface area contributed by atoms with Gasteiger partial charge in [0, 0.05) is 30.7 Å². The van der Waals surface area contributed by atoms with Crippen LogP contribution in [0.15, 0.2) is 48.5 Å². The van der Waals surface area contributed by atoms with Gasteiger partial charge in [-0.05, 0) is 47.4 Å². The van der Waals surface area contributed by atoms with E-state index < -0.39 is 12.1 Å². The number of hydrogen-bond acceptors (Lipinski definition) is 5. The molecule has 0 spiro atoms. The summed E-state index contributed by atoms with van der Waals surface area (Å²) in [7, 11) is 0. The van der Waals surface area contributed by atoms with E-state index in [-0.39, 0.29) is 36.1 Å². The molecule has 4 rings (SSSR count). The number of rotatable bonds is 10. The highest BCUT2D eigenvalue weighted by Gasteiger charge is 2.31. The van der Waals surface area contributed by atoms with Gasteiger partial charge < -0.3 is 20.5 Å². The van der Waals surface area contributed by atoms with Gasteiger partial charge in [0.2, 0.25) is 5.91 Å². The minimum atomic E-state index is -0.850. The monoisotopic (exact) mass is 482 g/mol. The van der Waals surface area contributed by atoms with Crippen molar-refractivity contribution in [2.24, 2.45) is 5.92 Å². The largest absolute Gasteiger partial charge is 0.481 e. The van der Waals surface area contributed by atoms with Crippen molar-refractivity contribution in [1.82, 2.24) is 10.6 Å². The number of fused-ring (bicyclic) bond motifs is 3. The summed E-state index contributed by atoms with van der Waals surface area (Å²) in [5.41, 5.74) is 4.77. The van der Waals surface area contributed by atoms with Crippen molar-refractivity contribution in [2.45, 2.75) is 37.6 Å². The van der Waals surface area contributed by atoms with Gasteiger partial charge in [-0.25, -0.2) is 4.79 Å². The average molecular weight is 483 g/mol. The number of nitrogens with one attached hydrogen (secondary N) is 2. The Morgan fingerprint density at radius 2 is 1.68 bits per heavy atom. The number of hydrogen-bond donors (Lipinski definition) is 3. The first-order valence-corrected chi connectivity index (χ1v) is 12.8. The van der Waals surface area contributed by atoms with E-state index in [0.29, 0.717) is 18.7 Å². The minimum Gasteiger partial charge on any atom is -0.481 e. The van der Waals surface area contributed by atoms with Crippen LogP contribution < -0.4 is 10.6 Å². The Kier molecular flexibility index (Phi) is 8.11. The van der Waals surface area contributed by atoms with Crippen LogP contribution >= 0.6 is 11.8 Å². The quantitative estimate of drug-likeness (QED) is 0.442. The first kappa shape index (κ1) is 24.1. The lowest BCUT2D eigenvalue weighted by Gasteiger charge is -2.17. The molecule has 0 saturated heterocycles. The number of carboxylic acid groups (broad SMARTS) is 1. The van der Waals surface area contributed by atoms with Crippen LogP contribution in [-0.2, 0) is 14.3 Å². The normalized spacial score (nSPS) is 18.7. The molecule has 34 heavy (non-hydrogen) atoms. The Hall–Kier alpha value is -3.00. The highest BCUT2D eigenvalue weighted by Crippen LogP contribution is 2.44. The van der Waals surface area contributed by atoms with Crippen molar-refractivity contribution in [3.05, 3.63) is 59.7 Å². The molecule has 3 N–H and O–H groups in total. The van der Waals surface area contributed by atoms with E-state index in [4.69, 9.17) is 9.84 Å². The predicted octanol–water partition coefficient (Wildman–Crippen LogP) is 4.02. The summed E-state index contributed by atoms with van der Waals surface area (Å²) in [4.78, 5) is 35.1. The lowest BCUT2D eigenvalue weighted by atomic mass is 9.98. The zero-order chi connectivity index (χ0) is 23.9. The Morgan fingerprint density at radius 1 is 1.00 bits per heavy atom. The molecule has 7 nitrogen and oxygen atoms in total. The summed E-state index contributed by atoms with van der Waals surface area (Å²) in [6.45, 7) is 0.753. The second kappa shape index (κ2) is 11.4. The van der Waals surface area contributed by atoms with Crippen LogP contribution in [0.5, 0.6) is 0 Å². The molecule has 0 bridgehead atoms. The zero-order valence-electron chi connectivity index (χ0n) is 19.0. The van der Waals surface area contributed by atoms with Crippen LogP contribution in [-0.4, -0.2) is 53.8 Å². The van der Waals surface area contributed by atoms with Crippen molar-refractivity contribution in [1.29, 1.82) is 0 Å². The van der Waals surface area contributed by atoms with Gasteiger partial charge >= 0.3 is 12.1 Å². The molecule has 2 aliphatic carbocycles. The molecular formula is C26H30N2O5S. The third-order valence-corrected chi connectivity index (χ3v) is 7.42. The summed E-state index contributed by atoms with van der Waals surface area (Å²) >= 11 is 1.28. The highest BCUT2D eigenvalue weighted by atomic mass is 32.2. The fraction of sp³-hybridized carbons (Fsp3) is 0.423. The van der Waals surface area contributed by atoms with E-state index in [0.717, 1.165) is 19.3 Å². The van der Waals surface area contributed by atoms with Crippen LogP contribution in [0.1, 0.15) is 42.7 Å². The lowest BCUT2D eigenvalue weighted by Crippen LogP contribution is -2.34. The second-order valence-corrected chi connectivity index (χ2v) is 9.95. The molecule has 0 aromatic heterocycles. The van der Waals surface area contributed by atoms with Gasteiger partial charge in [-0.2, -0.15) is 0 Å². The van der Waals surface area contributed by atoms with Crippen molar-refractivity contribution in [3.8, 4) is 11.1 Å². The molecule has 180 valence electrons. The number of carbonyl (C=O) groups excluding carboxylic acids is 2. The van der Waals surface area contributed by atoms with Crippen molar-refractivity contribution < 1.29 is 24.2 Å². The van der Waals surface area contributed by atoms with Crippen molar-refractivity contribution >= 4 is 29.7 Å². The van der Waals surface area contributed by atoms with Crippen LogP contribution in [0.2, 0.25) is 0 Å². The maximum Gasteiger partial charge on any atom is 0.407 e. The van der Waals surface area contributed by atoms with Gasteiger partial charge in [-0.15, -0.1) is 11.8 Å². The Balaban J connectivity index is 1.19. The Morgan fingerprint density at radius 3 is 2.35 bits per heavy atom. The van der Waals surface area contributed by atoms with Crippen LogP contribution in [0.4, 0.5) is 4.79 Å². The van der Waals surface area contributed by atoms with E-state index in [1.54, 1.807) is 0 Å². The third-order valence-electron chi connectivity index (χ3n) is 6.48. The van der Waals surface area contributed by atoms with Crippen LogP contribution in [0.3, 0.4) is 0 Å². The smallest absolute Gasteiger partial charge is 0.407 e. The molecule has 1 fully saturated rings. The molecule has 0 aliphatic heterocycles. The van der Waals surface area contributed by atoms with E-state index >= 15 is 0 Å². The summed E-state index contributed by atoms with van der Waals surface area (Å²) in [6, 6.07) is 16.5. The summed E-state index contributed by atoms with van der Waals surface area (Å²) < 4.78 is 5.64. The molecule has 1 saturated carbocycles. The average Bonchev–Trinajstić information content (AvgIpc) is 3.39. The van der Waals surface area contributed by atoms with E-state index in [9.17, 15) is 14.4 Å². The fourth-order valence-corrected chi connectivity index (χ4v) is 5.52. The molecule has 2 unspecified atom stereocenters. The van der Waals surface area contributed by atoms with Gasteiger partial charge in [0.1, 0.15) is 6.61 Å². The third kappa shape index (κ3) is 6.11. The maximum atomic E-state index is 12.5. The van der Waals surface area contributed by atoms with Crippen LogP contribution in [0.25, 0.3) is 11.1 Å². The number of thioether (sulfide) groups is 1. The van der Waals surface area contributed by atoms with E-state index in [1.807, 2.05) is 24.3 Å². The Labute approximate surface area is 203 Å². The topological polar surface area (TPSA) is 105 Å². The summed E-state index contributed by atoms with van der Waals surface area (Å²) in [5, 5.41) is 14.4. The van der Waals surface area contributed by atoms with Crippen LogP contribution in [0, 0.1) is 5.92 Å². The number of amides is 2. The molecule has 0 radical (unpaired) electrons. The number of ether oxygens (including phenoxy) is 1. The molecule has 2 aromatic carbocycles. The van der Waals surface area contributed by atoms with Gasteiger partial charge in [0.25, 0.3) is 0 Å². The molecule has 2 aliphatic rings. The molecular weight excluding hydrogens is 452 g/mol. The van der Waals surface area contributed by atoms with Gasteiger partial charge in [0.15, 0.2) is 0 Å². The van der Waals surface area contributed by atoms with E-state index in [1.165, 1.54) is 34.0 Å². The predicted molar refractivity (Wildman–Crippen MR) is 132 cm³/mol. The molecule has 8 heteroatoms. The minimum absolute atomic E-state index is 0.0135. The number of carboxylic acids is 1. The van der Waals surface area contributed by atoms with Gasteiger partial charge in [-0.1, -0.05) is 48.5 Å². The molecule has 0 heterocycles. The van der Waals surface area contributed by atoms with Gasteiger partial charge in [0.05, 0.1) is 5.75 Å². The molecule has 2 aromatic rings. The van der Waals surface area contributed by atoms with E-state index in [2.05, 4.69) is 34.9 Å². The summed E-state index contributed by atoms with van der Waals surface area (Å²) in [5.74, 6) is 0.00783. The fourth-order valence-electron chi connectivity index (χ4n) is 4.95. The number of aliphatic carboxylic acids is 1. The highest BCUT2D eigenvalue weighted by molar-refractivity contribution is 7.99. The SMILES string of the molecule is O=C(O)CSCCNC(=O)CC1CCC(NC(=O)OCC2c3ccccc3-c3ccccc32)C1. The number of benzene rings is 2.